The molecule has 0 spiro atoms. The predicted molar refractivity (Wildman–Crippen MR) is 113 cm³/mol. The Morgan fingerprint density at radius 2 is 1.92 bits per heavy atom. The highest BCUT2D eigenvalue weighted by Gasteiger charge is 2.12. The molecule has 0 bridgehead atoms. The van der Waals surface area contributed by atoms with Gasteiger partial charge < -0.3 is 25.2 Å². The van der Waals surface area contributed by atoms with Crippen LogP contribution >= 0.6 is 47.8 Å². The van der Waals surface area contributed by atoms with Gasteiger partial charge in [-0.2, -0.15) is 0 Å². The van der Waals surface area contributed by atoms with Crippen LogP contribution in [0.5, 0.6) is 11.5 Å². The van der Waals surface area contributed by atoms with Gasteiger partial charge in [-0.05, 0) is 29.1 Å². The molecule has 0 unspecified atom stereocenters. The monoisotopic (exact) mass is 442 g/mol. The van der Waals surface area contributed by atoms with Gasteiger partial charge in [0.15, 0.2) is 11.5 Å². The van der Waals surface area contributed by atoms with Gasteiger partial charge in [0.2, 0.25) is 0 Å². The van der Waals surface area contributed by atoms with Gasteiger partial charge in [-0.15, -0.1) is 36.2 Å². The van der Waals surface area contributed by atoms with Crippen molar-refractivity contribution in [1.29, 1.82) is 0 Å². The zero-order valence-corrected chi connectivity index (χ0v) is 17.7. The highest BCUT2D eigenvalue weighted by Crippen LogP contribution is 2.37. The molecule has 0 amide bonds. The number of aliphatic hydroxyl groups excluding tert-OH is 1. The van der Waals surface area contributed by atoms with E-state index in [1.165, 1.54) is 0 Å². The third-order valence-electron chi connectivity index (χ3n) is 3.32. The number of aliphatic hydroxyl groups is 1. The number of benzene rings is 1. The summed E-state index contributed by atoms with van der Waals surface area (Å²) in [5, 5.41) is 17.7. The number of halogens is 3. The lowest BCUT2D eigenvalue weighted by atomic mass is 10.2. The smallest absolute Gasteiger partial charge is 0.180 e. The van der Waals surface area contributed by atoms with E-state index in [1.54, 1.807) is 18.4 Å². The summed E-state index contributed by atoms with van der Waals surface area (Å²) < 4.78 is 11.2. The fourth-order valence-corrected chi connectivity index (χ4v) is 3.07. The predicted octanol–water partition coefficient (Wildman–Crippen LogP) is 3.50. The van der Waals surface area contributed by atoms with Crippen LogP contribution in [0.2, 0.25) is 5.02 Å². The molecule has 0 aliphatic rings. The van der Waals surface area contributed by atoms with E-state index < -0.39 is 0 Å². The number of hydrogen-bond acceptors (Lipinski definition) is 6. The normalized spacial score (nSPS) is 9.96. The van der Waals surface area contributed by atoms with Gasteiger partial charge in [0.05, 0.1) is 18.7 Å². The first-order valence-electron chi connectivity index (χ1n) is 7.78. The highest BCUT2D eigenvalue weighted by molar-refractivity contribution is 7.09. The molecular weight excluding hydrogens is 419 g/mol. The standard InChI is InChI=1S/C17H23ClN2O3S.2ClH/c1-22-16-10-13(11-20-5-4-19-6-7-21)9-15(18)17(16)23-12-14-3-2-8-24-14;;/h2-3,8-10,19-21H,4-7,11-12H2,1H3;2*1H. The van der Waals surface area contributed by atoms with Crippen LogP contribution in [0.4, 0.5) is 0 Å². The summed E-state index contributed by atoms with van der Waals surface area (Å²) in [7, 11) is 1.61. The van der Waals surface area contributed by atoms with Crippen LogP contribution in [0.3, 0.4) is 0 Å². The molecule has 3 N–H and O–H groups in total. The average molecular weight is 444 g/mol. The molecule has 0 atom stereocenters. The molecule has 0 saturated carbocycles. The molecule has 1 heterocycles. The van der Waals surface area contributed by atoms with Gasteiger partial charge in [0.25, 0.3) is 0 Å². The molecule has 0 aliphatic carbocycles. The number of methoxy groups -OCH3 is 1. The molecule has 0 radical (unpaired) electrons. The molecule has 9 heteroatoms. The van der Waals surface area contributed by atoms with Crippen molar-refractivity contribution in [2.45, 2.75) is 13.2 Å². The summed E-state index contributed by atoms with van der Waals surface area (Å²) in [4.78, 5) is 1.13. The van der Waals surface area contributed by atoms with E-state index in [4.69, 9.17) is 26.2 Å². The Bertz CT molecular complexity index is 616. The first-order valence-corrected chi connectivity index (χ1v) is 9.04. The second-order valence-electron chi connectivity index (χ2n) is 5.13. The Kier molecular flexibility index (Phi) is 13.9. The second-order valence-corrected chi connectivity index (χ2v) is 6.57. The molecule has 0 fully saturated rings. The van der Waals surface area contributed by atoms with Crippen LogP contribution in [0.15, 0.2) is 29.6 Å². The molecule has 2 aromatic rings. The van der Waals surface area contributed by atoms with E-state index >= 15 is 0 Å². The summed E-state index contributed by atoms with van der Waals surface area (Å²) in [6.45, 7) is 3.52. The van der Waals surface area contributed by atoms with Gasteiger partial charge >= 0.3 is 0 Å². The number of thiophene rings is 1. The van der Waals surface area contributed by atoms with Crippen molar-refractivity contribution in [2.75, 3.05) is 33.4 Å². The highest BCUT2D eigenvalue weighted by atomic mass is 35.5. The van der Waals surface area contributed by atoms with Gasteiger partial charge in [-0.3, -0.25) is 0 Å². The van der Waals surface area contributed by atoms with E-state index in [-0.39, 0.29) is 31.4 Å². The quantitative estimate of drug-likeness (QED) is 0.464. The Morgan fingerprint density at radius 3 is 2.58 bits per heavy atom. The summed E-state index contributed by atoms with van der Waals surface area (Å²) in [5.74, 6) is 1.20. The van der Waals surface area contributed by atoms with E-state index in [0.717, 1.165) is 23.5 Å². The molecule has 1 aromatic heterocycles. The number of ether oxygens (including phenoxy) is 2. The van der Waals surface area contributed by atoms with Crippen molar-refractivity contribution < 1.29 is 14.6 Å². The van der Waals surface area contributed by atoms with Gasteiger partial charge in [0, 0.05) is 31.1 Å². The summed E-state index contributed by atoms with van der Waals surface area (Å²) in [6.07, 6.45) is 0. The minimum atomic E-state index is 0. The van der Waals surface area contributed by atoms with Gasteiger partial charge in [-0.25, -0.2) is 0 Å². The van der Waals surface area contributed by atoms with Crippen molar-refractivity contribution >= 4 is 47.8 Å². The molecular formula is C17H25Cl3N2O3S. The third kappa shape index (κ3) is 8.31. The maximum atomic E-state index is 8.70. The average Bonchev–Trinajstić information content (AvgIpc) is 3.10. The Balaban J connectivity index is 0.00000312. The molecule has 1 aromatic carbocycles. The van der Waals surface area contributed by atoms with E-state index in [2.05, 4.69) is 10.6 Å². The maximum Gasteiger partial charge on any atom is 0.180 e. The molecule has 148 valence electrons. The molecule has 26 heavy (non-hydrogen) atoms. The largest absolute Gasteiger partial charge is 0.493 e. The van der Waals surface area contributed by atoms with Crippen LogP contribution in [0.1, 0.15) is 10.4 Å². The zero-order valence-electron chi connectivity index (χ0n) is 14.5. The lowest BCUT2D eigenvalue weighted by molar-refractivity contribution is 0.287. The molecule has 0 saturated heterocycles. The first-order chi connectivity index (χ1) is 11.7. The summed E-state index contributed by atoms with van der Waals surface area (Å²) in [5.41, 5.74) is 1.03. The molecule has 5 nitrogen and oxygen atoms in total. The topological polar surface area (TPSA) is 62.8 Å². The van der Waals surface area contributed by atoms with Crippen molar-refractivity contribution in [3.63, 3.8) is 0 Å². The SMILES string of the molecule is COc1cc(CNCCNCCO)cc(Cl)c1OCc1cccs1.Cl.Cl. The van der Waals surface area contributed by atoms with Crippen molar-refractivity contribution in [2.24, 2.45) is 0 Å². The van der Waals surface area contributed by atoms with E-state index in [0.29, 0.717) is 36.2 Å². The summed E-state index contributed by atoms with van der Waals surface area (Å²) in [6, 6.07) is 7.84. The van der Waals surface area contributed by atoms with Crippen molar-refractivity contribution in [3.05, 3.63) is 45.1 Å². The lowest BCUT2D eigenvalue weighted by Crippen LogP contribution is -2.28. The van der Waals surface area contributed by atoms with Crippen molar-refractivity contribution in [3.8, 4) is 11.5 Å². The Morgan fingerprint density at radius 1 is 1.15 bits per heavy atom. The number of nitrogens with one attached hydrogen (secondary N) is 2. The zero-order chi connectivity index (χ0) is 17.2. The van der Waals surface area contributed by atoms with Crippen LogP contribution < -0.4 is 20.1 Å². The fraction of sp³-hybridized carbons (Fsp3) is 0.412. The minimum absolute atomic E-state index is 0. The van der Waals surface area contributed by atoms with Gasteiger partial charge in [0.1, 0.15) is 6.61 Å². The van der Waals surface area contributed by atoms with E-state index in [9.17, 15) is 0 Å². The molecule has 2 rings (SSSR count). The number of rotatable bonds is 11. The minimum Gasteiger partial charge on any atom is -0.493 e. The number of hydrogen-bond donors (Lipinski definition) is 3. The van der Waals surface area contributed by atoms with Crippen LogP contribution in [-0.4, -0.2) is 38.5 Å². The molecule has 0 aliphatic heterocycles. The van der Waals surface area contributed by atoms with E-state index in [1.807, 2.05) is 29.6 Å². The third-order valence-corrected chi connectivity index (χ3v) is 4.46. The lowest BCUT2D eigenvalue weighted by Gasteiger charge is -2.14. The second kappa shape index (κ2) is 14.3. The van der Waals surface area contributed by atoms with Crippen molar-refractivity contribution in [1.82, 2.24) is 10.6 Å². The van der Waals surface area contributed by atoms with Crippen LogP contribution in [0, 0.1) is 0 Å². The van der Waals surface area contributed by atoms with Crippen LogP contribution in [-0.2, 0) is 13.2 Å². The van der Waals surface area contributed by atoms with Crippen LogP contribution in [0.25, 0.3) is 0 Å². The Labute approximate surface area is 175 Å². The van der Waals surface area contributed by atoms with Gasteiger partial charge in [-0.1, -0.05) is 17.7 Å². The first kappa shape index (κ1) is 25.3. The fourth-order valence-electron chi connectivity index (χ4n) is 2.17. The summed E-state index contributed by atoms with van der Waals surface area (Å²) >= 11 is 8.01. The maximum absolute atomic E-state index is 8.70. The Hall–Kier alpha value is -0.730.